The Balaban J connectivity index is 3.82. The van der Waals surface area contributed by atoms with Gasteiger partial charge >= 0.3 is 20.2 Å². The Bertz CT molecular complexity index is 331. The first-order chi connectivity index (χ1) is 8.94. The zero-order valence-electron chi connectivity index (χ0n) is 12.8. The highest BCUT2D eigenvalue weighted by molar-refractivity contribution is 7.33. The zero-order chi connectivity index (χ0) is 16.0. The molecule has 0 saturated carbocycles. The molecule has 7 nitrogen and oxygen atoms in total. The molecule has 0 aliphatic rings. The van der Waals surface area contributed by atoms with E-state index in [0.29, 0.717) is 0 Å². The monoisotopic (exact) mass is 310 g/mol. The zero-order valence-corrected chi connectivity index (χ0v) is 13.8. The average Bonchev–Trinajstić information content (AvgIpc) is 2.26. The Hall–Kier alpha value is -0.910. The lowest BCUT2D eigenvalue weighted by molar-refractivity contribution is -0.161. The van der Waals surface area contributed by atoms with Gasteiger partial charge in [-0.2, -0.15) is 0 Å². The molecule has 0 radical (unpaired) electrons. The van der Waals surface area contributed by atoms with E-state index in [1.807, 2.05) is 0 Å². The van der Waals surface area contributed by atoms with Crippen LogP contribution < -0.4 is 0 Å². The van der Waals surface area contributed by atoms with Gasteiger partial charge in [-0.3, -0.25) is 23.2 Å². The van der Waals surface area contributed by atoms with Crippen LogP contribution in [0.4, 0.5) is 0 Å². The first-order valence-corrected chi connectivity index (χ1v) is 7.31. The Morgan fingerprint density at radius 3 is 1.35 bits per heavy atom. The number of hydrogen-bond acceptors (Lipinski definition) is 7. The maximum atomic E-state index is 11.4. The fourth-order valence-corrected chi connectivity index (χ4v) is 1.13. The van der Waals surface area contributed by atoms with Crippen LogP contribution in [0.5, 0.6) is 0 Å². The molecule has 0 aromatic heterocycles. The summed E-state index contributed by atoms with van der Waals surface area (Å²) in [6, 6.07) is 0. The maximum absolute atomic E-state index is 11.4. The topological polar surface area (TPSA) is 88.1 Å². The van der Waals surface area contributed by atoms with Gasteiger partial charge < -0.3 is 9.47 Å². The van der Waals surface area contributed by atoms with Gasteiger partial charge in [0.1, 0.15) is 0 Å². The number of esters is 2. The third kappa shape index (κ3) is 8.30. The highest BCUT2D eigenvalue weighted by Gasteiger charge is 2.24. The van der Waals surface area contributed by atoms with Crippen molar-refractivity contribution >= 4 is 20.2 Å². The fraction of sp³-hybridized carbons (Fsp3) is 0.833. The first-order valence-electron chi connectivity index (χ1n) is 6.08. The number of carbonyl (C=O) groups excluding carboxylic acids is 2. The number of ether oxygens (including phenoxy) is 2. The van der Waals surface area contributed by atoms with Crippen LogP contribution in [0.2, 0.25) is 0 Å². The van der Waals surface area contributed by atoms with Crippen LogP contribution in [0.25, 0.3) is 0 Å². The lowest BCUT2D eigenvalue weighted by Gasteiger charge is -2.17. The molecule has 0 atom stereocenters. The third-order valence-electron chi connectivity index (χ3n) is 1.96. The molecule has 0 saturated heterocycles. The Kier molecular flexibility index (Phi) is 7.41. The van der Waals surface area contributed by atoms with Gasteiger partial charge in [0.25, 0.3) is 0 Å². The van der Waals surface area contributed by atoms with Gasteiger partial charge in [0.2, 0.25) is 13.6 Å². The van der Waals surface area contributed by atoms with Crippen LogP contribution in [-0.4, -0.2) is 25.5 Å². The quantitative estimate of drug-likeness (QED) is 0.423. The van der Waals surface area contributed by atoms with Crippen molar-refractivity contribution in [2.24, 2.45) is 10.8 Å². The molecule has 0 aromatic carbocycles. The minimum atomic E-state index is -2.88. The fourth-order valence-electron chi connectivity index (χ4n) is 0.737. The van der Waals surface area contributed by atoms with Gasteiger partial charge in [-0.15, -0.1) is 0 Å². The molecule has 8 heteroatoms. The summed E-state index contributed by atoms with van der Waals surface area (Å²) in [5.41, 5.74) is -1.33. The normalized spacial score (nSPS) is 12.3. The van der Waals surface area contributed by atoms with Crippen molar-refractivity contribution in [3.8, 4) is 0 Å². The molecule has 0 amide bonds. The van der Waals surface area contributed by atoms with Crippen molar-refractivity contribution in [1.82, 2.24) is 0 Å². The summed E-state index contributed by atoms with van der Waals surface area (Å²) in [6.07, 6.45) is 0. The van der Waals surface area contributed by atoms with Crippen molar-refractivity contribution in [2.75, 3.05) is 13.6 Å². The van der Waals surface area contributed by atoms with E-state index in [9.17, 15) is 14.2 Å². The summed E-state index contributed by atoms with van der Waals surface area (Å²) >= 11 is 0. The van der Waals surface area contributed by atoms with E-state index in [4.69, 9.17) is 9.47 Å². The highest BCUT2D eigenvalue weighted by atomic mass is 31.1. The summed E-state index contributed by atoms with van der Waals surface area (Å²) in [5.74, 6) is -0.960. The van der Waals surface area contributed by atoms with Gasteiger partial charge in [-0.1, -0.05) is 0 Å². The smallest absolute Gasteiger partial charge is 0.324 e. The molecule has 0 bridgehead atoms. The molecule has 0 spiro atoms. The molecule has 20 heavy (non-hydrogen) atoms. The highest BCUT2D eigenvalue weighted by Crippen LogP contribution is 2.25. The Morgan fingerprint density at radius 1 is 0.800 bits per heavy atom. The molecule has 0 aliphatic heterocycles. The van der Waals surface area contributed by atoms with Gasteiger partial charge in [0.05, 0.1) is 10.8 Å². The van der Waals surface area contributed by atoms with Gasteiger partial charge in [-0.05, 0) is 41.5 Å². The van der Waals surface area contributed by atoms with Crippen molar-refractivity contribution in [1.29, 1.82) is 0 Å². The van der Waals surface area contributed by atoms with Crippen LogP contribution in [0.3, 0.4) is 0 Å². The summed E-state index contributed by atoms with van der Waals surface area (Å²) in [5, 5.41) is 0. The molecule has 0 aliphatic carbocycles. The Morgan fingerprint density at radius 2 is 1.10 bits per heavy atom. The average molecular weight is 310 g/mol. The molecular formula is C12H23O7P. The van der Waals surface area contributed by atoms with Crippen molar-refractivity contribution in [3.63, 3.8) is 0 Å². The molecule has 0 heterocycles. The van der Waals surface area contributed by atoms with Crippen molar-refractivity contribution in [2.45, 2.75) is 41.5 Å². The molecule has 0 unspecified atom stereocenters. The van der Waals surface area contributed by atoms with Crippen molar-refractivity contribution < 1.29 is 32.7 Å². The van der Waals surface area contributed by atoms with E-state index in [1.165, 1.54) is 0 Å². The molecule has 0 rings (SSSR count). The standard InChI is InChI=1S/C12H23O7P/c1-11(2,3)9(13)16-7-18-20(15)19-8-17-10(14)12(4,5)6/h20H,7-8H2,1-6H3. The molecule has 118 valence electrons. The molecule has 0 aromatic rings. The second kappa shape index (κ2) is 7.76. The minimum absolute atomic E-state index is 0.471. The molecular weight excluding hydrogens is 287 g/mol. The van der Waals surface area contributed by atoms with Gasteiger partial charge in [-0.25, -0.2) is 0 Å². The van der Waals surface area contributed by atoms with Gasteiger partial charge in [0, 0.05) is 0 Å². The van der Waals surface area contributed by atoms with Crippen LogP contribution in [0.15, 0.2) is 0 Å². The van der Waals surface area contributed by atoms with E-state index >= 15 is 0 Å². The lowest BCUT2D eigenvalue weighted by Crippen LogP contribution is -2.24. The van der Waals surface area contributed by atoms with E-state index in [2.05, 4.69) is 9.05 Å². The lowest BCUT2D eigenvalue weighted by atomic mass is 9.98. The molecule has 0 fully saturated rings. The summed E-state index contributed by atoms with van der Waals surface area (Å²) in [4.78, 5) is 22.7. The Labute approximate surface area is 119 Å². The van der Waals surface area contributed by atoms with Crippen LogP contribution in [0.1, 0.15) is 41.5 Å². The maximum Gasteiger partial charge on any atom is 0.324 e. The van der Waals surface area contributed by atoms with Crippen molar-refractivity contribution in [3.05, 3.63) is 0 Å². The second-order valence-electron chi connectivity index (χ2n) is 6.14. The number of rotatable bonds is 6. The van der Waals surface area contributed by atoms with Crippen LogP contribution in [0, 0.1) is 10.8 Å². The summed E-state index contributed by atoms with van der Waals surface area (Å²) < 4.78 is 30.1. The number of carbonyl (C=O) groups is 2. The largest absolute Gasteiger partial charge is 0.438 e. The van der Waals surface area contributed by atoms with Crippen LogP contribution in [-0.2, 0) is 32.7 Å². The SMILES string of the molecule is CC(C)(C)C(=O)OCO[PH](=O)OCOC(=O)C(C)(C)C. The van der Waals surface area contributed by atoms with Crippen LogP contribution >= 0.6 is 8.25 Å². The van der Waals surface area contributed by atoms with E-state index in [0.717, 1.165) is 0 Å². The van der Waals surface area contributed by atoms with E-state index in [1.54, 1.807) is 41.5 Å². The summed E-state index contributed by atoms with van der Waals surface area (Å²) in [6.45, 7) is 9.15. The number of hydrogen-bond donors (Lipinski definition) is 0. The summed E-state index contributed by atoms with van der Waals surface area (Å²) in [7, 11) is -2.88. The third-order valence-corrected chi connectivity index (χ3v) is 2.67. The predicted molar refractivity (Wildman–Crippen MR) is 72.0 cm³/mol. The van der Waals surface area contributed by atoms with E-state index in [-0.39, 0.29) is 0 Å². The minimum Gasteiger partial charge on any atom is -0.438 e. The molecule has 0 N–H and O–H groups in total. The predicted octanol–water partition coefficient (Wildman–Crippen LogP) is 2.50. The first kappa shape index (κ1) is 19.1. The second-order valence-corrected chi connectivity index (χ2v) is 7.22. The van der Waals surface area contributed by atoms with Gasteiger partial charge in [0.15, 0.2) is 0 Å². The van der Waals surface area contributed by atoms with E-state index < -0.39 is 44.6 Å².